The van der Waals surface area contributed by atoms with Crippen LogP contribution in [0.3, 0.4) is 0 Å². The number of nitrogens with one attached hydrogen (secondary N) is 1. The molecule has 1 fully saturated rings. The molecule has 1 saturated heterocycles. The van der Waals surface area contributed by atoms with E-state index in [0.29, 0.717) is 17.8 Å². The third-order valence-electron chi connectivity index (χ3n) is 3.60. The summed E-state index contributed by atoms with van der Waals surface area (Å²) in [6.07, 6.45) is 2.37. The number of likely N-dealkylation sites (tertiary alicyclic amines) is 1. The first-order valence-corrected chi connectivity index (χ1v) is 7.54. The van der Waals surface area contributed by atoms with Gasteiger partial charge >= 0.3 is 0 Å². The van der Waals surface area contributed by atoms with E-state index in [1.165, 1.54) is 12.8 Å². The average Bonchev–Trinajstić information content (AvgIpc) is 3.10. The molecule has 0 amide bonds. The van der Waals surface area contributed by atoms with Gasteiger partial charge in [-0.2, -0.15) is 16.3 Å². The minimum Gasteiger partial charge on any atom is -0.338 e. The second-order valence-electron chi connectivity index (χ2n) is 4.86. The SMILES string of the molecule is CNC1CCN(Cc2nc(-c3ccsc3)no2)CC1. The highest BCUT2D eigenvalue weighted by Gasteiger charge is 2.20. The Labute approximate surface area is 116 Å². The Bertz CT molecular complexity index is 502. The van der Waals surface area contributed by atoms with Crippen molar-refractivity contribution in [1.82, 2.24) is 20.4 Å². The summed E-state index contributed by atoms with van der Waals surface area (Å²) in [4.78, 5) is 6.83. The highest BCUT2D eigenvalue weighted by molar-refractivity contribution is 7.08. The molecule has 0 aliphatic carbocycles. The number of hydrogen-bond acceptors (Lipinski definition) is 6. The molecule has 0 spiro atoms. The molecule has 2 aromatic rings. The molecule has 2 aromatic heterocycles. The highest BCUT2D eigenvalue weighted by Crippen LogP contribution is 2.19. The molecule has 0 atom stereocenters. The zero-order valence-electron chi connectivity index (χ0n) is 11.0. The lowest BCUT2D eigenvalue weighted by Crippen LogP contribution is -2.40. The van der Waals surface area contributed by atoms with E-state index in [2.05, 4.69) is 20.4 Å². The molecule has 1 aliphatic heterocycles. The van der Waals surface area contributed by atoms with Gasteiger partial charge in [0.1, 0.15) is 0 Å². The monoisotopic (exact) mass is 278 g/mol. The van der Waals surface area contributed by atoms with Gasteiger partial charge < -0.3 is 9.84 Å². The van der Waals surface area contributed by atoms with Crippen molar-refractivity contribution >= 4 is 11.3 Å². The van der Waals surface area contributed by atoms with E-state index in [-0.39, 0.29) is 0 Å². The summed E-state index contributed by atoms with van der Waals surface area (Å²) in [7, 11) is 2.03. The van der Waals surface area contributed by atoms with Gasteiger partial charge in [-0.05, 0) is 31.3 Å². The number of thiophene rings is 1. The van der Waals surface area contributed by atoms with Gasteiger partial charge in [-0.1, -0.05) is 5.16 Å². The van der Waals surface area contributed by atoms with Crippen LogP contribution >= 0.6 is 11.3 Å². The zero-order chi connectivity index (χ0) is 13.1. The predicted molar refractivity (Wildman–Crippen MR) is 75.0 cm³/mol. The molecule has 6 heteroatoms. The van der Waals surface area contributed by atoms with Crippen LogP contribution in [0.1, 0.15) is 18.7 Å². The van der Waals surface area contributed by atoms with E-state index in [4.69, 9.17) is 4.52 Å². The fourth-order valence-electron chi connectivity index (χ4n) is 2.40. The smallest absolute Gasteiger partial charge is 0.241 e. The Morgan fingerprint density at radius 1 is 1.47 bits per heavy atom. The Hall–Kier alpha value is -1.24. The second kappa shape index (κ2) is 5.81. The first kappa shape index (κ1) is 12.8. The lowest BCUT2D eigenvalue weighted by atomic mass is 10.1. The molecule has 0 radical (unpaired) electrons. The summed E-state index contributed by atoms with van der Waals surface area (Å²) in [5.41, 5.74) is 1.04. The Morgan fingerprint density at radius 3 is 3.00 bits per heavy atom. The summed E-state index contributed by atoms with van der Waals surface area (Å²) in [5.74, 6) is 1.41. The van der Waals surface area contributed by atoms with E-state index in [1.807, 2.05) is 23.9 Å². The molecule has 1 N–H and O–H groups in total. The van der Waals surface area contributed by atoms with Gasteiger partial charge in [0.25, 0.3) is 0 Å². The maximum atomic E-state index is 5.33. The average molecular weight is 278 g/mol. The Balaban J connectivity index is 1.59. The van der Waals surface area contributed by atoms with Crippen LogP contribution in [0, 0.1) is 0 Å². The van der Waals surface area contributed by atoms with Crippen LogP contribution in [0.15, 0.2) is 21.3 Å². The van der Waals surface area contributed by atoms with Crippen LogP contribution in [0.25, 0.3) is 11.4 Å². The van der Waals surface area contributed by atoms with Crippen molar-refractivity contribution in [2.45, 2.75) is 25.4 Å². The van der Waals surface area contributed by atoms with Crippen molar-refractivity contribution in [3.05, 3.63) is 22.7 Å². The van der Waals surface area contributed by atoms with Crippen LogP contribution in [-0.2, 0) is 6.54 Å². The van der Waals surface area contributed by atoms with Crippen LogP contribution in [0.4, 0.5) is 0 Å². The topological polar surface area (TPSA) is 54.2 Å². The molecule has 5 nitrogen and oxygen atoms in total. The number of rotatable bonds is 4. The molecular weight excluding hydrogens is 260 g/mol. The maximum absolute atomic E-state index is 5.33. The standard InChI is InChI=1S/C13H18N4OS/c1-14-11-2-5-17(6-3-11)8-12-15-13(16-18-12)10-4-7-19-9-10/h4,7,9,11,14H,2-3,5-6,8H2,1H3. The van der Waals surface area contributed by atoms with E-state index in [1.54, 1.807) is 11.3 Å². The summed E-state index contributed by atoms with van der Waals surface area (Å²) in [5, 5.41) is 11.4. The normalized spacial score (nSPS) is 17.9. The Kier molecular flexibility index (Phi) is 3.91. The number of aromatic nitrogens is 2. The molecule has 1 aliphatic rings. The predicted octanol–water partition coefficient (Wildman–Crippen LogP) is 1.98. The summed E-state index contributed by atoms with van der Waals surface area (Å²) >= 11 is 1.64. The summed E-state index contributed by atoms with van der Waals surface area (Å²) < 4.78 is 5.33. The molecule has 19 heavy (non-hydrogen) atoms. The molecular formula is C13H18N4OS. The number of hydrogen-bond donors (Lipinski definition) is 1. The van der Waals surface area contributed by atoms with Crippen molar-refractivity contribution < 1.29 is 4.52 Å². The van der Waals surface area contributed by atoms with Crippen molar-refractivity contribution in [2.75, 3.05) is 20.1 Å². The van der Waals surface area contributed by atoms with Crippen LogP contribution < -0.4 is 5.32 Å². The van der Waals surface area contributed by atoms with E-state index in [9.17, 15) is 0 Å². The lowest BCUT2D eigenvalue weighted by Gasteiger charge is -2.30. The molecule has 0 unspecified atom stereocenters. The fraction of sp³-hybridized carbons (Fsp3) is 0.538. The van der Waals surface area contributed by atoms with E-state index in [0.717, 1.165) is 25.2 Å². The summed E-state index contributed by atoms with van der Waals surface area (Å²) in [6, 6.07) is 2.66. The van der Waals surface area contributed by atoms with Gasteiger partial charge in [-0.15, -0.1) is 0 Å². The minimum atomic E-state index is 0.653. The van der Waals surface area contributed by atoms with Gasteiger partial charge in [0.2, 0.25) is 11.7 Å². The van der Waals surface area contributed by atoms with Crippen LogP contribution in [-0.4, -0.2) is 41.2 Å². The largest absolute Gasteiger partial charge is 0.338 e. The first-order chi connectivity index (χ1) is 9.35. The van der Waals surface area contributed by atoms with E-state index >= 15 is 0 Å². The highest BCUT2D eigenvalue weighted by atomic mass is 32.1. The molecule has 0 aromatic carbocycles. The second-order valence-corrected chi connectivity index (χ2v) is 5.64. The molecule has 0 bridgehead atoms. The van der Waals surface area contributed by atoms with Crippen molar-refractivity contribution in [1.29, 1.82) is 0 Å². The maximum Gasteiger partial charge on any atom is 0.241 e. The third kappa shape index (κ3) is 3.02. The van der Waals surface area contributed by atoms with Gasteiger partial charge in [-0.3, -0.25) is 4.90 Å². The van der Waals surface area contributed by atoms with Gasteiger partial charge in [0.15, 0.2) is 0 Å². The first-order valence-electron chi connectivity index (χ1n) is 6.60. The van der Waals surface area contributed by atoms with Gasteiger partial charge in [-0.25, -0.2) is 0 Å². The Morgan fingerprint density at radius 2 is 2.32 bits per heavy atom. The molecule has 3 rings (SSSR count). The molecule has 102 valence electrons. The zero-order valence-corrected chi connectivity index (χ0v) is 11.8. The summed E-state index contributed by atoms with van der Waals surface area (Å²) in [6.45, 7) is 2.93. The third-order valence-corrected chi connectivity index (χ3v) is 4.29. The number of piperidine rings is 1. The molecule has 3 heterocycles. The fourth-order valence-corrected chi connectivity index (χ4v) is 3.03. The lowest BCUT2D eigenvalue weighted by molar-refractivity contribution is 0.173. The van der Waals surface area contributed by atoms with Crippen molar-refractivity contribution in [3.63, 3.8) is 0 Å². The van der Waals surface area contributed by atoms with Gasteiger partial charge in [0, 0.05) is 30.1 Å². The van der Waals surface area contributed by atoms with Crippen molar-refractivity contribution in [2.24, 2.45) is 0 Å². The van der Waals surface area contributed by atoms with Crippen LogP contribution in [0.5, 0.6) is 0 Å². The van der Waals surface area contributed by atoms with Crippen molar-refractivity contribution in [3.8, 4) is 11.4 Å². The van der Waals surface area contributed by atoms with Gasteiger partial charge in [0.05, 0.1) is 6.54 Å². The number of nitrogens with zero attached hydrogens (tertiary/aromatic N) is 3. The van der Waals surface area contributed by atoms with E-state index < -0.39 is 0 Å². The molecule has 0 saturated carbocycles. The minimum absolute atomic E-state index is 0.653. The van der Waals surface area contributed by atoms with Crippen LogP contribution in [0.2, 0.25) is 0 Å². The quantitative estimate of drug-likeness (QED) is 0.927.